The van der Waals surface area contributed by atoms with Crippen molar-refractivity contribution in [1.82, 2.24) is 9.55 Å². The number of nitrogens with one attached hydrogen (secondary N) is 1. The molecule has 0 aliphatic heterocycles. The van der Waals surface area contributed by atoms with Crippen molar-refractivity contribution in [2.75, 3.05) is 17.7 Å². The predicted octanol–water partition coefficient (Wildman–Crippen LogP) is 1.34. The van der Waals surface area contributed by atoms with Gasteiger partial charge in [-0.3, -0.25) is 4.79 Å². The van der Waals surface area contributed by atoms with Crippen LogP contribution in [0.4, 0.5) is 5.95 Å². The number of aromatic nitrogens is 2. The van der Waals surface area contributed by atoms with Gasteiger partial charge in [0.1, 0.15) is 0 Å². The minimum Gasteiger partial charge on any atom is -1.00 e. The lowest BCUT2D eigenvalue weighted by Crippen LogP contribution is -3.00. The van der Waals surface area contributed by atoms with Gasteiger partial charge >= 0.3 is 0 Å². The van der Waals surface area contributed by atoms with Gasteiger partial charge in [-0.25, -0.2) is 4.98 Å². The fraction of sp³-hybridized carbons (Fsp3) is 0.176. The van der Waals surface area contributed by atoms with Crippen LogP contribution in [-0.4, -0.2) is 27.8 Å². The summed E-state index contributed by atoms with van der Waals surface area (Å²) in [4.78, 5) is 17.1. The lowest BCUT2D eigenvalue weighted by Gasteiger charge is -2.09. The quantitative estimate of drug-likeness (QED) is 0.477. The third kappa shape index (κ3) is 4.09. The van der Waals surface area contributed by atoms with Crippen molar-refractivity contribution >= 4 is 50.3 Å². The Morgan fingerprint density at radius 3 is 2.58 bits per heavy atom. The van der Waals surface area contributed by atoms with Gasteiger partial charge in [-0.2, -0.15) is 0 Å². The van der Waals surface area contributed by atoms with E-state index < -0.39 is 0 Å². The van der Waals surface area contributed by atoms with Crippen LogP contribution in [-0.2, 0) is 6.54 Å². The highest BCUT2D eigenvalue weighted by molar-refractivity contribution is 9.10. The highest BCUT2D eigenvalue weighted by atomic mass is 79.9. The van der Waals surface area contributed by atoms with Crippen LogP contribution >= 0.6 is 27.5 Å². The summed E-state index contributed by atoms with van der Waals surface area (Å²) in [6.45, 7) is 0.824. The highest BCUT2D eigenvalue weighted by Gasteiger charge is 2.14. The van der Waals surface area contributed by atoms with E-state index in [0.717, 1.165) is 15.5 Å². The number of nitrogens with zero attached hydrogens (tertiary/aromatic N) is 2. The third-order valence-corrected chi connectivity index (χ3v) is 4.22. The van der Waals surface area contributed by atoms with E-state index in [9.17, 15) is 4.79 Å². The van der Waals surface area contributed by atoms with Gasteiger partial charge in [0.2, 0.25) is 5.95 Å². The fourth-order valence-corrected chi connectivity index (χ4v) is 2.76. The molecule has 0 atom stereocenters. The van der Waals surface area contributed by atoms with Gasteiger partial charge in [-0.1, -0.05) is 40.2 Å². The molecule has 0 aliphatic carbocycles. The van der Waals surface area contributed by atoms with Gasteiger partial charge in [0, 0.05) is 22.5 Å². The standard InChI is InChI=1S/C17H15BrClN3O.ClH/c18-13-7-5-12(6-8-13)16(23)11-22-15-4-2-1-3-14(15)21-17(22)20-10-9-19;/h1-8H,9-11H2,(H,20,21);1H/p-1. The number of fused-ring (bicyclic) bond motifs is 1. The summed E-state index contributed by atoms with van der Waals surface area (Å²) in [6.07, 6.45) is 0. The minimum absolute atomic E-state index is 0. The number of rotatable bonds is 6. The zero-order valence-corrected chi connectivity index (χ0v) is 15.8. The summed E-state index contributed by atoms with van der Waals surface area (Å²) in [5.74, 6) is 1.18. The van der Waals surface area contributed by atoms with Crippen LogP contribution in [0.15, 0.2) is 53.0 Å². The van der Waals surface area contributed by atoms with E-state index in [1.54, 1.807) is 0 Å². The van der Waals surface area contributed by atoms with Gasteiger partial charge in [0.25, 0.3) is 0 Å². The van der Waals surface area contributed by atoms with Crippen molar-refractivity contribution in [2.24, 2.45) is 0 Å². The molecule has 4 nitrogen and oxygen atoms in total. The number of halogens is 3. The largest absolute Gasteiger partial charge is 1.00 e. The Bertz CT molecular complexity index is 833. The number of hydrogen-bond acceptors (Lipinski definition) is 3. The van der Waals surface area contributed by atoms with Crippen molar-refractivity contribution in [3.8, 4) is 0 Å². The molecule has 0 unspecified atom stereocenters. The topological polar surface area (TPSA) is 46.9 Å². The Hall–Kier alpha value is -1.56. The molecule has 0 spiro atoms. The van der Waals surface area contributed by atoms with E-state index in [1.165, 1.54) is 0 Å². The fourth-order valence-electron chi connectivity index (χ4n) is 2.40. The van der Waals surface area contributed by atoms with Crippen LogP contribution in [0, 0.1) is 0 Å². The van der Waals surface area contributed by atoms with Crippen LogP contribution in [0.25, 0.3) is 11.0 Å². The number of alkyl halides is 1. The molecule has 3 aromatic rings. The zero-order chi connectivity index (χ0) is 16.2. The molecule has 0 bridgehead atoms. The summed E-state index contributed by atoms with van der Waals surface area (Å²) in [5.41, 5.74) is 2.46. The Balaban J connectivity index is 0.00000208. The van der Waals surface area contributed by atoms with Crippen molar-refractivity contribution < 1.29 is 17.2 Å². The number of imidazole rings is 1. The molecule has 1 aromatic heterocycles. The van der Waals surface area contributed by atoms with Gasteiger partial charge in [-0.05, 0) is 24.3 Å². The van der Waals surface area contributed by atoms with Gasteiger partial charge < -0.3 is 22.3 Å². The van der Waals surface area contributed by atoms with Crippen LogP contribution in [0.3, 0.4) is 0 Å². The van der Waals surface area contributed by atoms with Crippen LogP contribution in [0.5, 0.6) is 0 Å². The van der Waals surface area contributed by atoms with Crippen molar-refractivity contribution in [3.63, 3.8) is 0 Å². The Morgan fingerprint density at radius 1 is 1.17 bits per heavy atom. The maximum atomic E-state index is 12.6. The smallest absolute Gasteiger partial charge is 0.204 e. The van der Waals surface area contributed by atoms with Crippen LogP contribution < -0.4 is 17.7 Å². The van der Waals surface area contributed by atoms with Gasteiger partial charge in [0.05, 0.1) is 17.6 Å². The second-order valence-electron chi connectivity index (χ2n) is 5.06. The Morgan fingerprint density at radius 2 is 1.88 bits per heavy atom. The van der Waals surface area contributed by atoms with Crippen LogP contribution in [0.1, 0.15) is 10.4 Å². The van der Waals surface area contributed by atoms with E-state index in [1.807, 2.05) is 53.1 Å². The van der Waals surface area contributed by atoms with Gasteiger partial charge in [-0.15, -0.1) is 11.6 Å². The molecule has 0 saturated carbocycles. The number of para-hydroxylation sites is 2. The number of benzene rings is 2. The SMILES string of the molecule is O=C(Cn1c(NCCCl)nc2ccccc21)c1ccc(Br)cc1.[Cl-]. The first-order valence-corrected chi connectivity index (χ1v) is 8.55. The molecule has 126 valence electrons. The lowest BCUT2D eigenvalue weighted by molar-refractivity contribution is -0.0000123. The number of hydrogen-bond donors (Lipinski definition) is 1. The van der Waals surface area contributed by atoms with E-state index in [2.05, 4.69) is 26.2 Å². The molecule has 3 rings (SSSR count). The number of carbonyl (C=O) groups excluding carboxylic acids is 1. The maximum Gasteiger partial charge on any atom is 0.204 e. The number of carbonyl (C=O) groups is 1. The predicted molar refractivity (Wildman–Crippen MR) is 97.4 cm³/mol. The summed E-state index contributed by atoms with van der Waals surface area (Å²) in [5, 5.41) is 3.18. The first kappa shape index (κ1) is 18.8. The minimum atomic E-state index is 0. The van der Waals surface area contributed by atoms with Crippen molar-refractivity contribution in [1.29, 1.82) is 0 Å². The van der Waals surface area contributed by atoms with Crippen molar-refractivity contribution in [2.45, 2.75) is 6.54 Å². The molecule has 0 saturated heterocycles. The molecule has 0 radical (unpaired) electrons. The molecular formula is C17H15BrCl2N3O-. The normalized spacial score (nSPS) is 10.4. The Kier molecular flexibility index (Phi) is 6.66. The summed E-state index contributed by atoms with van der Waals surface area (Å²) >= 11 is 9.13. The molecule has 1 heterocycles. The number of anilines is 1. The monoisotopic (exact) mass is 426 g/mol. The summed E-state index contributed by atoms with van der Waals surface area (Å²) in [6, 6.07) is 15.1. The average Bonchev–Trinajstić information content (AvgIpc) is 2.91. The molecule has 0 fully saturated rings. The molecule has 24 heavy (non-hydrogen) atoms. The summed E-state index contributed by atoms with van der Waals surface area (Å²) < 4.78 is 2.85. The lowest BCUT2D eigenvalue weighted by atomic mass is 10.1. The van der Waals surface area contributed by atoms with E-state index >= 15 is 0 Å². The van der Waals surface area contributed by atoms with E-state index in [4.69, 9.17) is 11.6 Å². The highest BCUT2D eigenvalue weighted by Crippen LogP contribution is 2.20. The maximum absolute atomic E-state index is 12.6. The number of Topliss-reactive ketones (excluding diaryl/α,β-unsaturated/α-hetero) is 1. The van der Waals surface area contributed by atoms with E-state index in [0.29, 0.717) is 23.9 Å². The van der Waals surface area contributed by atoms with Gasteiger partial charge in [0.15, 0.2) is 5.78 Å². The molecule has 7 heteroatoms. The first-order valence-electron chi connectivity index (χ1n) is 7.23. The molecule has 1 N–H and O–H groups in total. The zero-order valence-electron chi connectivity index (χ0n) is 12.7. The second kappa shape index (κ2) is 8.51. The Labute approximate surface area is 159 Å². The average molecular weight is 428 g/mol. The second-order valence-corrected chi connectivity index (χ2v) is 6.35. The molecular weight excluding hydrogens is 413 g/mol. The summed E-state index contributed by atoms with van der Waals surface area (Å²) in [7, 11) is 0. The third-order valence-electron chi connectivity index (χ3n) is 3.50. The first-order chi connectivity index (χ1) is 11.2. The number of ketones is 1. The molecule has 0 amide bonds. The van der Waals surface area contributed by atoms with Crippen LogP contribution in [0.2, 0.25) is 0 Å². The van der Waals surface area contributed by atoms with Crippen molar-refractivity contribution in [3.05, 3.63) is 58.6 Å². The van der Waals surface area contributed by atoms with E-state index in [-0.39, 0.29) is 24.7 Å². The molecule has 2 aromatic carbocycles. The molecule has 0 aliphatic rings.